The second-order valence-corrected chi connectivity index (χ2v) is 5.87. The van der Waals surface area contributed by atoms with Gasteiger partial charge in [-0.15, -0.1) is 0 Å². The number of nitrogens with two attached hydrogens (primary N) is 1. The monoisotopic (exact) mass is 337 g/mol. The second kappa shape index (κ2) is 7.39. The Bertz CT molecular complexity index is 652. The van der Waals surface area contributed by atoms with Gasteiger partial charge >= 0.3 is 0 Å². The first-order valence-corrected chi connectivity index (χ1v) is 7.57. The Labute approximate surface area is 138 Å². The lowest BCUT2D eigenvalue weighted by Gasteiger charge is -2.24. The van der Waals surface area contributed by atoms with Crippen LogP contribution in [-0.4, -0.2) is 52.5 Å². The maximum absolute atomic E-state index is 13.2. The summed E-state index contributed by atoms with van der Waals surface area (Å²) in [7, 11) is 0. The number of likely N-dealkylation sites (tertiary alicyclic amines) is 1. The van der Waals surface area contributed by atoms with E-state index in [0.29, 0.717) is 5.56 Å². The number of benzene rings is 1. The third kappa shape index (κ3) is 4.29. The lowest BCUT2D eigenvalue weighted by Crippen LogP contribution is -2.52. The highest BCUT2D eigenvalue weighted by Crippen LogP contribution is 2.18. The first-order valence-electron chi connectivity index (χ1n) is 7.57. The van der Waals surface area contributed by atoms with E-state index in [-0.39, 0.29) is 25.3 Å². The number of nitrogens with one attached hydrogen (secondary N) is 1. The van der Waals surface area contributed by atoms with Crippen LogP contribution in [0, 0.1) is 5.82 Å². The summed E-state index contributed by atoms with van der Waals surface area (Å²) in [4.78, 5) is 36.8. The number of aliphatic hydroxyl groups excluding tert-OH is 1. The highest BCUT2D eigenvalue weighted by Gasteiger charge is 2.38. The Hall–Kier alpha value is -2.48. The third-order valence-electron chi connectivity index (χ3n) is 3.97. The molecule has 1 aliphatic heterocycles. The number of rotatable bonds is 5. The molecule has 0 radical (unpaired) electrons. The fraction of sp³-hybridized carbons (Fsp3) is 0.438. The van der Waals surface area contributed by atoms with E-state index in [2.05, 4.69) is 5.32 Å². The van der Waals surface area contributed by atoms with Crippen LogP contribution < -0.4 is 11.1 Å². The van der Waals surface area contributed by atoms with E-state index in [4.69, 9.17) is 5.73 Å². The van der Waals surface area contributed by atoms with E-state index in [9.17, 15) is 23.9 Å². The molecule has 0 spiro atoms. The number of carbonyl (C=O) groups excluding carboxylic acids is 3. The Morgan fingerprint density at radius 3 is 2.75 bits per heavy atom. The van der Waals surface area contributed by atoms with Crippen molar-refractivity contribution in [1.29, 1.82) is 0 Å². The molecule has 1 aromatic carbocycles. The van der Waals surface area contributed by atoms with Gasteiger partial charge in [-0.1, -0.05) is 12.1 Å². The number of primary amides is 1. The zero-order valence-electron chi connectivity index (χ0n) is 13.2. The van der Waals surface area contributed by atoms with Crippen LogP contribution in [0.1, 0.15) is 18.9 Å². The molecule has 4 N–H and O–H groups in total. The molecule has 1 aliphatic rings. The fourth-order valence-electron chi connectivity index (χ4n) is 2.80. The average molecular weight is 337 g/mol. The minimum Gasteiger partial charge on any atom is -0.391 e. The topological polar surface area (TPSA) is 113 Å². The lowest BCUT2D eigenvalue weighted by molar-refractivity contribution is -0.138. The largest absolute Gasteiger partial charge is 0.391 e. The molecule has 0 unspecified atom stereocenters. The number of halogens is 1. The van der Waals surface area contributed by atoms with Gasteiger partial charge in [-0.05, 0) is 17.7 Å². The Balaban J connectivity index is 2.08. The number of β-amino-alcohol motifs (C(OH)–C–C–N with tert-alkyl or cyclic N) is 1. The summed E-state index contributed by atoms with van der Waals surface area (Å²) in [6, 6.07) is 3.74. The molecule has 1 aromatic rings. The van der Waals surface area contributed by atoms with Gasteiger partial charge in [0.1, 0.15) is 17.9 Å². The number of aliphatic hydroxyl groups is 1. The van der Waals surface area contributed by atoms with Crippen LogP contribution in [0.25, 0.3) is 0 Å². The minimum absolute atomic E-state index is 0.0359. The molecular weight excluding hydrogens is 317 g/mol. The zero-order chi connectivity index (χ0) is 17.9. The number of hydrogen-bond donors (Lipinski definition) is 3. The SMILES string of the molecule is CC(=O)N1C[C@H](O)C[C@H]1C(=O)N[C@@H](Cc1cccc(F)c1)C(N)=O. The molecule has 0 bridgehead atoms. The van der Waals surface area contributed by atoms with Crippen molar-refractivity contribution in [3.05, 3.63) is 35.6 Å². The van der Waals surface area contributed by atoms with Crippen molar-refractivity contribution >= 4 is 17.7 Å². The smallest absolute Gasteiger partial charge is 0.243 e. The van der Waals surface area contributed by atoms with Gasteiger partial charge in [0.2, 0.25) is 17.7 Å². The molecule has 1 fully saturated rings. The molecule has 0 aliphatic carbocycles. The van der Waals surface area contributed by atoms with E-state index in [0.717, 1.165) is 0 Å². The summed E-state index contributed by atoms with van der Waals surface area (Å²) < 4.78 is 13.2. The molecule has 2 rings (SSSR count). The molecular formula is C16H20FN3O4. The molecule has 130 valence electrons. The van der Waals surface area contributed by atoms with E-state index >= 15 is 0 Å². The van der Waals surface area contributed by atoms with Crippen molar-refractivity contribution in [2.45, 2.75) is 38.0 Å². The number of nitrogens with zero attached hydrogens (tertiary/aromatic N) is 1. The molecule has 0 saturated carbocycles. The predicted octanol–water partition coefficient (Wildman–Crippen LogP) is -0.680. The van der Waals surface area contributed by atoms with Crippen molar-refractivity contribution in [2.75, 3.05) is 6.54 Å². The van der Waals surface area contributed by atoms with Crippen LogP contribution in [0.5, 0.6) is 0 Å². The van der Waals surface area contributed by atoms with E-state index in [1.807, 2.05) is 0 Å². The standard InChI is InChI=1S/C16H20FN3O4/c1-9(21)20-8-12(22)7-14(20)16(24)19-13(15(18)23)6-10-3-2-4-11(17)5-10/h2-5,12-14,22H,6-8H2,1H3,(H2,18,23)(H,19,24)/t12-,13+,14+/m1/s1. The van der Waals surface area contributed by atoms with Crippen LogP contribution >= 0.6 is 0 Å². The van der Waals surface area contributed by atoms with Gasteiger partial charge in [0.15, 0.2) is 0 Å². The highest BCUT2D eigenvalue weighted by atomic mass is 19.1. The molecule has 1 saturated heterocycles. The molecule has 24 heavy (non-hydrogen) atoms. The van der Waals surface area contributed by atoms with Crippen LogP contribution in [0.15, 0.2) is 24.3 Å². The van der Waals surface area contributed by atoms with Gasteiger partial charge in [-0.2, -0.15) is 0 Å². The van der Waals surface area contributed by atoms with Crippen molar-refractivity contribution in [3.8, 4) is 0 Å². The Morgan fingerprint density at radius 1 is 1.46 bits per heavy atom. The summed E-state index contributed by atoms with van der Waals surface area (Å²) in [6.45, 7) is 1.37. The third-order valence-corrected chi connectivity index (χ3v) is 3.97. The normalized spacial score (nSPS) is 21.4. The highest BCUT2D eigenvalue weighted by molar-refractivity contribution is 5.91. The van der Waals surface area contributed by atoms with Gasteiger partial charge in [-0.25, -0.2) is 4.39 Å². The van der Waals surface area contributed by atoms with Gasteiger partial charge in [-0.3, -0.25) is 14.4 Å². The maximum atomic E-state index is 13.2. The van der Waals surface area contributed by atoms with Crippen molar-refractivity contribution in [3.63, 3.8) is 0 Å². The molecule has 3 atom stereocenters. The van der Waals surface area contributed by atoms with Gasteiger partial charge in [0, 0.05) is 26.3 Å². The average Bonchev–Trinajstić information content (AvgIpc) is 2.89. The Morgan fingerprint density at radius 2 is 2.17 bits per heavy atom. The fourth-order valence-corrected chi connectivity index (χ4v) is 2.80. The molecule has 7 nitrogen and oxygen atoms in total. The zero-order valence-corrected chi connectivity index (χ0v) is 13.2. The van der Waals surface area contributed by atoms with Crippen LogP contribution in [0.4, 0.5) is 4.39 Å². The first-order chi connectivity index (χ1) is 11.3. The Kier molecular flexibility index (Phi) is 5.50. The lowest BCUT2D eigenvalue weighted by atomic mass is 10.0. The summed E-state index contributed by atoms with van der Waals surface area (Å²) >= 11 is 0. The van der Waals surface area contributed by atoms with Gasteiger partial charge in [0.25, 0.3) is 0 Å². The number of carbonyl (C=O) groups is 3. The quantitative estimate of drug-likeness (QED) is 0.661. The van der Waals surface area contributed by atoms with E-state index in [1.165, 1.54) is 30.0 Å². The number of hydrogen-bond acceptors (Lipinski definition) is 4. The molecule has 0 aromatic heterocycles. The maximum Gasteiger partial charge on any atom is 0.243 e. The first kappa shape index (κ1) is 17.9. The summed E-state index contributed by atoms with van der Waals surface area (Å²) in [5, 5.41) is 12.2. The number of amides is 3. The molecule has 8 heteroatoms. The minimum atomic E-state index is -1.04. The summed E-state index contributed by atoms with van der Waals surface area (Å²) in [5.41, 5.74) is 5.82. The van der Waals surface area contributed by atoms with Crippen LogP contribution in [0.3, 0.4) is 0 Å². The van der Waals surface area contributed by atoms with E-state index in [1.54, 1.807) is 6.07 Å². The second-order valence-electron chi connectivity index (χ2n) is 5.87. The van der Waals surface area contributed by atoms with Crippen LogP contribution in [0.2, 0.25) is 0 Å². The van der Waals surface area contributed by atoms with Crippen molar-refractivity contribution in [2.24, 2.45) is 5.73 Å². The van der Waals surface area contributed by atoms with E-state index < -0.39 is 35.8 Å². The van der Waals surface area contributed by atoms with Crippen molar-refractivity contribution < 1.29 is 23.9 Å². The van der Waals surface area contributed by atoms with Crippen molar-refractivity contribution in [1.82, 2.24) is 10.2 Å². The van der Waals surface area contributed by atoms with Gasteiger partial charge < -0.3 is 21.1 Å². The summed E-state index contributed by atoms with van der Waals surface area (Å²) in [5.74, 6) is -2.13. The molecule has 3 amide bonds. The van der Waals surface area contributed by atoms with Gasteiger partial charge in [0.05, 0.1) is 6.10 Å². The molecule has 1 heterocycles. The predicted molar refractivity (Wildman–Crippen MR) is 83.0 cm³/mol. The van der Waals surface area contributed by atoms with Crippen LogP contribution in [-0.2, 0) is 20.8 Å². The summed E-state index contributed by atoms with van der Waals surface area (Å²) in [6.07, 6.45) is -0.662.